The van der Waals surface area contributed by atoms with E-state index >= 15 is 0 Å². The summed E-state index contributed by atoms with van der Waals surface area (Å²) in [4.78, 5) is 19.8. The number of likely N-dealkylation sites (N-methyl/N-ethyl adjacent to an activating group) is 1. The van der Waals surface area contributed by atoms with E-state index in [2.05, 4.69) is 63.6 Å². The summed E-state index contributed by atoms with van der Waals surface area (Å²) in [5.41, 5.74) is 2.54. The molecule has 1 atom stereocenters. The van der Waals surface area contributed by atoms with Gasteiger partial charge in [0.25, 0.3) is 0 Å². The summed E-state index contributed by atoms with van der Waals surface area (Å²) < 4.78 is 2.37. The fourth-order valence-corrected chi connectivity index (χ4v) is 4.15. The first-order valence-corrected chi connectivity index (χ1v) is 9.38. The van der Waals surface area contributed by atoms with E-state index in [0.29, 0.717) is 5.91 Å². The van der Waals surface area contributed by atoms with Crippen molar-refractivity contribution in [2.24, 2.45) is 5.92 Å². The van der Waals surface area contributed by atoms with E-state index in [1.807, 2.05) is 0 Å². The monoisotopic (exact) mass is 340 g/mol. The highest BCUT2D eigenvalue weighted by Crippen LogP contribution is 2.24. The van der Waals surface area contributed by atoms with Gasteiger partial charge in [0.2, 0.25) is 5.91 Å². The molecule has 1 aromatic carbocycles. The number of para-hydroxylation sites is 1. The van der Waals surface area contributed by atoms with Gasteiger partial charge in [0.1, 0.15) is 0 Å². The third-order valence-corrected chi connectivity index (χ3v) is 5.70. The summed E-state index contributed by atoms with van der Waals surface area (Å²) in [5.74, 6) is 0.370. The maximum atomic E-state index is 12.9. The van der Waals surface area contributed by atoms with Gasteiger partial charge in [-0.25, -0.2) is 0 Å². The molecule has 0 radical (unpaired) electrons. The zero-order chi connectivity index (χ0) is 17.4. The smallest absolute Gasteiger partial charge is 0.227 e. The molecule has 0 unspecified atom stereocenters. The van der Waals surface area contributed by atoms with E-state index in [4.69, 9.17) is 0 Å². The summed E-state index contributed by atoms with van der Waals surface area (Å²) in [5, 5.41) is 1.28. The van der Waals surface area contributed by atoms with Crippen LogP contribution in [0.5, 0.6) is 0 Å². The number of aromatic nitrogens is 1. The van der Waals surface area contributed by atoms with Gasteiger partial charge < -0.3 is 19.3 Å². The van der Waals surface area contributed by atoms with E-state index in [9.17, 15) is 4.79 Å². The Labute approximate surface area is 149 Å². The number of piperazine rings is 1. The van der Waals surface area contributed by atoms with Crippen LogP contribution in [0.3, 0.4) is 0 Å². The van der Waals surface area contributed by atoms with Crippen molar-refractivity contribution < 1.29 is 4.79 Å². The van der Waals surface area contributed by atoms with Crippen molar-refractivity contribution in [3.63, 3.8) is 0 Å². The van der Waals surface area contributed by atoms with Crippen LogP contribution in [-0.4, -0.2) is 71.5 Å². The number of carbonyl (C=O) groups excluding carboxylic acids is 1. The van der Waals surface area contributed by atoms with Gasteiger partial charge in [-0.05, 0) is 24.6 Å². The van der Waals surface area contributed by atoms with Gasteiger partial charge >= 0.3 is 0 Å². The SMILES string of the molecule is C[C@@H](CN1CCN(C)CC1)C(=O)N1CCn2c(cc3ccccc32)C1. The van der Waals surface area contributed by atoms with Gasteiger partial charge in [-0.3, -0.25) is 4.79 Å². The van der Waals surface area contributed by atoms with Crippen molar-refractivity contribution in [1.82, 2.24) is 19.3 Å². The van der Waals surface area contributed by atoms with Gasteiger partial charge in [0, 0.05) is 62.9 Å². The lowest BCUT2D eigenvalue weighted by Gasteiger charge is -2.36. The highest BCUT2D eigenvalue weighted by Gasteiger charge is 2.27. The second-order valence-corrected chi connectivity index (χ2v) is 7.61. The minimum Gasteiger partial charge on any atom is -0.341 e. The topological polar surface area (TPSA) is 31.7 Å². The number of hydrogen-bond donors (Lipinski definition) is 0. The largest absolute Gasteiger partial charge is 0.341 e. The molecular weight excluding hydrogens is 312 g/mol. The fraction of sp³-hybridized carbons (Fsp3) is 0.550. The quantitative estimate of drug-likeness (QED) is 0.855. The Morgan fingerprint density at radius 3 is 2.64 bits per heavy atom. The molecule has 1 amide bonds. The first-order valence-electron chi connectivity index (χ1n) is 9.38. The van der Waals surface area contributed by atoms with Crippen LogP contribution in [0.1, 0.15) is 12.6 Å². The van der Waals surface area contributed by atoms with Crippen LogP contribution in [-0.2, 0) is 17.9 Å². The minimum absolute atomic E-state index is 0.0688. The second-order valence-electron chi connectivity index (χ2n) is 7.61. The number of amides is 1. The van der Waals surface area contributed by atoms with Crippen LogP contribution in [0.2, 0.25) is 0 Å². The average Bonchev–Trinajstić information content (AvgIpc) is 3.00. The lowest BCUT2D eigenvalue weighted by molar-refractivity contribution is -0.137. The van der Waals surface area contributed by atoms with Crippen LogP contribution in [0, 0.1) is 5.92 Å². The van der Waals surface area contributed by atoms with Crippen molar-refractivity contribution in [2.75, 3.05) is 46.3 Å². The van der Waals surface area contributed by atoms with Gasteiger partial charge in [-0.2, -0.15) is 0 Å². The summed E-state index contributed by atoms with van der Waals surface area (Å²) in [6.07, 6.45) is 0. The van der Waals surface area contributed by atoms with Crippen molar-refractivity contribution in [1.29, 1.82) is 0 Å². The number of benzene rings is 1. The molecule has 1 aromatic heterocycles. The standard InChI is InChI=1S/C20H28N4O/c1-16(14-22-9-7-21(2)8-10-22)20(25)23-11-12-24-18(15-23)13-17-5-3-4-6-19(17)24/h3-6,13,16H,7-12,14-15H2,1-2H3/t16-/m0/s1. The third kappa shape index (κ3) is 3.31. The van der Waals surface area contributed by atoms with Crippen LogP contribution in [0.4, 0.5) is 0 Å². The molecule has 0 spiro atoms. The van der Waals surface area contributed by atoms with Crippen LogP contribution in [0.25, 0.3) is 10.9 Å². The van der Waals surface area contributed by atoms with Gasteiger partial charge in [-0.15, -0.1) is 0 Å². The van der Waals surface area contributed by atoms with E-state index in [1.54, 1.807) is 0 Å². The van der Waals surface area contributed by atoms with Crippen molar-refractivity contribution in [3.05, 3.63) is 36.0 Å². The molecule has 134 valence electrons. The van der Waals surface area contributed by atoms with Crippen molar-refractivity contribution in [3.8, 4) is 0 Å². The van der Waals surface area contributed by atoms with Gasteiger partial charge in [-0.1, -0.05) is 25.1 Å². The van der Waals surface area contributed by atoms with E-state index in [0.717, 1.165) is 52.4 Å². The maximum absolute atomic E-state index is 12.9. The molecule has 1 fully saturated rings. The van der Waals surface area contributed by atoms with Crippen molar-refractivity contribution >= 4 is 16.8 Å². The molecule has 5 nitrogen and oxygen atoms in total. The van der Waals surface area contributed by atoms with Crippen LogP contribution < -0.4 is 0 Å². The number of hydrogen-bond acceptors (Lipinski definition) is 3. The van der Waals surface area contributed by atoms with Gasteiger partial charge in [0.05, 0.1) is 6.54 Å². The zero-order valence-corrected chi connectivity index (χ0v) is 15.3. The fourth-order valence-electron chi connectivity index (χ4n) is 4.15. The predicted octanol–water partition coefficient (Wildman–Crippen LogP) is 1.87. The van der Waals surface area contributed by atoms with E-state index in [1.165, 1.54) is 16.6 Å². The molecule has 2 aliphatic rings. The lowest BCUT2D eigenvalue weighted by atomic mass is 10.1. The highest BCUT2D eigenvalue weighted by molar-refractivity contribution is 5.82. The van der Waals surface area contributed by atoms with E-state index < -0.39 is 0 Å². The lowest BCUT2D eigenvalue weighted by Crippen LogP contribution is -2.48. The molecule has 2 aromatic rings. The van der Waals surface area contributed by atoms with Gasteiger partial charge in [0.15, 0.2) is 0 Å². The number of carbonyl (C=O) groups is 1. The Hall–Kier alpha value is -1.85. The second kappa shape index (κ2) is 6.81. The molecule has 25 heavy (non-hydrogen) atoms. The van der Waals surface area contributed by atoms with Crippen LogP contribution >= 0.6 is 0 Å². The Morgan fingerprint density at radius 1 is 1.08 bits per heavy atom. The molecule has 2 aliphatic heterocycles. The molecule has 0 aliphatic carbocycles. The number of rotatable bonds is 3. The molecule has 1 saturated heterocycles. The first-order chi connectivity index (χ1) is 12.1. The van der Waals surface area contributed by atoms with E-state index in [-0.39, 0.29) is 5.92 Å². The highest BCUT2D eigenvalue weighted by atomic mass is 16.2. The Balaban J connectivity index is 1.41. The molecular formula is C20H28N4O. The predicted molar refractivity (Wildman–Crippen MR) is 100 cm³/mol. The third-order valence-electron chi connectivity index (χ3n) is 5.70. The van der Waals surface area contributed by atoms with Crippen LogP contribution in [0.15, 0.2) is 30.3 Å². The molecule has 5 heteroatoms. The number of fused-ring (bicyclic) bond motifs is 3. The first kappa shape index (κ1) is 16.6. The summed E-state index contributed by atoms with van der Waals surface area (Å²) in [6, 6.07) is 10.7. The average molecular weight is 340 g/mol. The summed E-state index contributed by atoms with van der Waals surface area (Å²) >= 11 is 0. The summed E-state index contributed by atoms with van der Waals surface area (Å²) in [7, 11) is 2.17. The molecule has 3 heterocycles. The number of nitrogens with zero attached hydrogens (tertiary/aromatic N) is 4. The molecule has 0 saturated carbocycles. The molecule has 4 rings (SSSR count). The Bertz CT molecular complexity index is 760. The van der Waals surface area contributed by atoms with Crippen molar-refractivity contribution in [2.45, 2.75) is 20.0 Å². The summed E-state index contributed by atoms with van der Waals surface area (Å²) in [6.45, 7) is 9.77. The maximum Gasteiger partial charge on any atom is 0.227 e. The Morgan fingerprint density at radius 2 is 1.84 bits per heavy atom. The molecule has 0 bridgehead atoms. The minimum atomic E-state index is 0.0688. The Kier molecular flexibility index (Phi) is 4.52. The molecule has 0 N–H and O–H groups in total. The zero-order valence-electron chi connectivity index (χ0n) is 15.3. The normalized spacial score (nSPS) is 20.6.